The third-order valence-electron chi connectivity index (χ3n) is 2.63. The zero-order valence-corrected chi connectivity index (χ0v) is 13.2. The first-order chi connectivity index (χ1) is 10.5. The molecule has 0 aliphatic heterocycles. The minimum absolute atomic E-state index is 0.0718. The van der Waals surface area contributed by atoms with Gasteiger partial charge >= 0.3 is 11.9 Å². The molecule has 22 heavy (non-hydrogen) atoms. The summed E-state index contributed by atoms with van der Waals surface area (Å²) in [6.07, 6.45) is -1.55. The summed E-state index contributed by atoms with van der Waals surface area (Å²) < 4.78 is 19.8. The Morgan fingerprint density at radius 1 is 0.727 bits per heavy atom. The molecule has 0 aliphatic rings. The lowest BCUT2D eigenvalue weighted by Crippen LogP contribution is -2.24. The van der Waals surface area contributed by atoms with E-state index < -0.39 is 24.1 Å². The van der Waals surface area contributed by atoms with E-state index in [-0.39, 0.29) is 26.4 Å². The lowest BCUT2D eigenvalue weighted by molar-refractivity contribution is -0.156. The summed E-state index contributed by atoms with van der Waals surface area (Å²) in [7, 11) is 0. The highest BCUT2D eigenvalue weighted by Gasteiger charge is 2.14. The quantitative estimate of drug-likeness (QED) is 0.349. The molecule has 0 bridgehead atoms. The minimum atomic E-state index is -1.09. The lowest BCUT2D eigenvalue weighted by atomic mass is 10.3. The SMILES string of the molecule is CCC(O)C(=O)OCCOCCOCCOC(=O)C(O)CC. The van der Waals surface area contributed by atoms with Crippen LogP contribution in [0.4, 0.5) is 0 Å². The second kappa shape index (κ2) is 13.4. The molecule has 0 radical (unpaired) electrons. The monoisotopic (exact) mass is 322 g/mol. The molecule has 2 atom stereocenters. The summed E-state index contributed by atoms with van der Waals surface area (Å²) in [5.74, 6) is -1.31. The summed E-state index contributed by atoms with van der Waals surface area (Å²) >= 11 is 0. The van der Waals surface area contributed by atoms with Crippen LogP contribution in [-0.4, -0.2) is 74.0 Å². The van der Waals surface area contributed by atoms with E-state index in [4.69, 9.17) is 29.2 Å². The third-order valence-corrected chi connectivity index (χ3v) is 2.63. The van der Waals surface area contributed by atoms with Gasteiger partial charge in [0, 0.05) is 0 Å². The molecule has 0 aromatic carbocycles. The molecule has 0 aromatic rings. The van der Waals surface area contributed by atoms with Gasteiger partial charge in [0.25, 0.3) is 0 Å². The molecule has 8 heteroatoms. The van der Waals surface area contributed by atoms with Gasteiger partial charge in [0.05, 0.1) is 26.4 Å². The van der Waals surface area contributed by atoms with Crippen LogP contribution in [-0.2, 0) is 28.5 Å². The number of hydrogen-bond donors (Lipinski definition) is 2. The summed E-state index contributed by atoms with van der Waals surface area (Å²) in [6.45, 7) is 4.54. The molecule has 0 heterocycles. The van der Waals surface area contributed by atoms with Crippen molar-refractivity contribution in [2.45, 2.75) is 38.9 Å². The number of carbonyl (C=O) groups excluding carboxylic acids is 2. The van der Waals surface area contributed by atoms with Gasteiger partial charge in [-0.2, -0.15) is 0 Å². The molecule has 2 unspecified atom stereocenters. The van der Waals surface area contributed by atoms with Gasteiger partial charge in [-0.05, 0) is 12.8 Å². The third kappa shape index (κ3) is 10.5. The minimum Gasteiger partial charge on any atom is -0.461 e. The molecule has 2 N–H and O–H groups in total. The van der Waals surface area contributed by atoms with E-state index in [0.29, 0.717) is 26.1 Å². The van der Waals surface area contributed by atoms with Crippen molar-refractivity contribution in [1.82, 2.24) is 0 Å². The van der Waals surface area contributed by atoms with Crippen LogP contribution in [0.2, 0.25) is 0 Å². The average Bonchev–Trinajstić information content (AvgIpc) is 2.54. The van der Waals surface area contributed by atoms with Gasteiger partial charge in [-0.3, -0.25) is 0 Å². The van der Waals surface area contributed by atoms with E-state index in [1.54, 1.807) is 13.8 Å². The van der Waals surface area contributed by atoms with Crippen LogP contribution in [0.5, 0.6) is 0 Å². The van der Waals surface area contributed by atoms with Crippen molar-refractivity contribution in [3.63, 3.8) is 0 Å². The summed E-state index contributed by atoms with van der Waals surface area (Å²) in [5, 5.41) is 18.3. The highest BCUT2D eigenvalue weighted by molar-refractivity contribution is 5.74. The van der Waals surface area contributed by atoms with E-state index in [1.165, 1.54) is 0 Å². The maximum absolute atomic E-state index is 11.1. The van der Waals surface area contributed by atoms with Crippen LogP contribution in [0.15, 0.2) is 0 Å². The zero-order valence-electron chi connectivity index (χ0n) is 13.2. The van der Waals surface area contributed by atoms with Gasteiger partial charge in [-0.15, -0.1) is 0 Å². The Labute approximate surface area is 130 Å². The fourth-order valence-electron chi connectivity index (χ4n) is 1.25. The Bertz CT molecular complexity index is 277. The molecule has 0 fully saturated rings. The number of ether oxygens (including phenoxy) is 4. The van der Waals surface area contributed by atoms with Crippen molar-refractivity contribution in [2.24, 2.45) is 0 Å². The second-order valence-electron chi connectivity index (χ2n) is 4.41. The zero-order chi connectivity index (χ0) is 16.8. The predicted octanol–water partition coefficient (Wildman–Crippen LogP) is -0.352. The summed E-state index contributed by atoms with van der Waals surface area (Å²) in [5.41, 5.74) is 0. The lowest BCUT2D eigenvalue weighted by Gasteiger charge is -2.10. The van der Waals surface area contributed by atoms with Crippen molar-refractivity contribution in [3.8, 4) is 0 Å². The fourth-order valence-corrected chi connectivity index (χ4v) is 1.25. The van der Waals surface area contributed by atoms with E-state index in [2.05, 4.69) is 0 Å². The molecule has 130 valence electrons. The fraction of sp³-hybridized carbons (Fsp3) is 0.857. The number of esters is 2. The maximum Gasteiger partial charge on any atom is 0.335 e. The van der Waals surface area contributed by atoms with Crippen LogP contribution < -0.4 is 0 Å². The molecular formula is C14H26O8. The summed E-state index contributed by atoms with van der Waals surface area (Å²) in [4.78, 5) is 22.2. The average molecular weight is 322 g/mol. The molecule has 8 nitrogen and oxygen atoms in total. The van der Waals surface area contributed by atoms with Crippen LogP contribution in [0, 0.1) is 0 Å². The van der Waals surface area contributed by atoms with Gasteiger partial charge in [0.15, 0.2) is 12.2 Å². The number of carbonyl (C=O) groups is 2. The predicted molar refractivity (Wildman–Crippen MR) is 76.2 cm³/mol. The first kappa shape index (κ1) is 20.8. The number of aliphatic hydroxyl groups excluding tert-OH is 2. The Morgan fingerprint density at radius 2 is 1.05 bits per heavy atom. The van der Waals surface area contributed by atoms with Crippen LogP contribution >= 0.6 is 0 Å². The molecule has 0 spiro atoms. The van der Waals surface area contributed by atoms with Crippen molar-refractivity contribution in [3.05, 3.63) is 0 Å². The molecule has 0 aliphatic carbocycles. The highest BCUT2D eigenvalue weighted by atomic mass is 16.6. The molecule has 0 saturated heterocycles. The van der Waals surface area contributed by atoms with E-state index in [1.807, 2.05) is 0 Å². The number of hydrogen-bond acceptors (Lipinski definition) is 8. The van der Waals surface area contributed by atoms with Gasteiger partial charge in [0.1, 0.15) is 13.2 Å². The largest absolute Gasteiger partial charge is 0.461 e. The number of rotatable bonds is 13. The maximum atomic E-state index is 11.1. The van der Waals surface area contributed by atoms with E-state index in [0.717, 1.165) is 0 Å². The van der Waals surface area contributed by atoms with Crippen LogP contribution in [0.1, 0.15) is 26.7 Å². The first-order valence-electron chi connectivity index (χ1n) is 7.37. The Kier molecular flexibility index (Phi) is 12.7. The van der Waals surface area contributed by atoms with Crippen molar-refractivity contribution in [2.75, 3.05) is 39.6 Å². The smallest absolute Gasteiger partial charge is 0.335 e. The van der Waals surface area contributed by atoms with Crippen LogP contribution in [0.25, 0.3) is 0 Å². The second-order valence-corrected chi connectivity index (χ2v) is 4.41. The molecule has 0 amide bonds. The van der Waals surface area contributed by atoms with Crippen molar-refractivity contribution < 1.29 is 38.7 Å². The van der Waals surface area contributed by atoms with Gasteiger partial charge < -0.3 is 29.2 Å². The summed E-state index contributed by atoms with van der Waals surface area (Å²) in [6, 6.07) is 0. The molecule has 0 saturated carbocycles. The Hall–Kier alpha value is -1.22. The first-order valence-corrected chi connectivity index (χ1v) is 7.37. The molecule has 0 aromatic heterocycles. The highest BCUT2D eigenvalue weighted by Crippen LogP contribution is 1.94. The topological polar surface area (TPSA) is 112 Å². The van der Waals surface area contributed by atoms with Gasteiger partial charge in [0.2, 0.25) is 0 Å². The molecular weight excluding hydrogens is 296 g/mol. The molecule has 0 rings (SSSR count). The van der Waals surface area contributed by atoms with Crippen molar-refractivity contribution >= 4 is 11.9 Å². The Balaban J connectivity index is 3.31. The van der Waals surface area contributed by atoms with Crippen LogP contribution in [0.3, 0.4) is 0 Å². The van der Waals surface area contributed by atoms with Gasteiger partial charge in [-0.1, -0.05) is 13.8 Å². The van der Waals surface area contributed by atoms with Crippen molar-refractivity contribution in [1.29, 1.82) is 0 Å². The Morgan fingerprint density at radius 3 is 1.36 bits per heavy atom. The van der Waals surface area contributed by atoms with E-state index >= 15 is 0 Å². The standard InChI is InChI=1S/C14H26O8/c1-3-11(15)13(17)21-9-7-19-5-6-20-8-10-22-14(18)12(16)4-2/h11-12,15-16H,3-10H2,1-2H3. The normalized spacial score (nSPS) is 13.5. The number of aliphatic hydroxyl groups is 2. The van der Waals surface area contributed by atoms with E-state index in [9.17, 15) is 9.59 Å². The van der Waals surface area contributed by atoms with Gasteiger partial charge in [-0.25, -0.2) is 9.59 Å².